The van der Waals surface area contributed by atoms with Gasteiger partial charge in [-0.25, -0.2) is 4.79 Å². The molecular formula is C13H16O4. The van der Waals surface area contributed by atoms with E-state index in [1.807, 2.05) is 30.3 Å². The maximum atomic E-state index is 11.1. The van der Waals surface area contributed by atoms with Gasteiger partial charge in [0.15, 0.2) is 6.10 Å². The van der Waals surface area contributed by atoms with Gasteiger partial charge in [0.2, 0.25) is 0 Å². The van der Waals surface area contributed by atoms with Crippen LogP contribution in [-0.2, 0) is 9.53 Å². The zero-order valence-electron chi connectivity index (χ0n) is 9.61. The Morgan fingerprint density at radius 2 is 2.00 bits per heavy atom. The van der Waals surface area contributed by atoms with Gasteiger partial charge in [-0.15, -0.1) is 0 Å². The number of rotatable bonds is 5. The van der Waals surface area contributed by atoms with Crippen molar-refractivity contribution in [2.24, 2.45) is 0 Å². The van der Waals surface area contributed by atoms with Crippen LogP contribution in [0.15, 0.2) is 36.4 Å². The first-order valence-corrected chi connectivity index (χ1v) is 5.41. The van der Waals surface area contributed by atoms with Crippen LogP contribution in [0.1, 0.15) is 12.5 Å². The van der Waals surface area contributed by atoms with Gasteiger partial charge in [0, 0.05) is 0 Å². The summed E-state index contributed by atoms with van der Waals surface area (Å²) in [5, 5.41) is 19.0. The molecule has 4 heteroatoms. The summed E-state index contributed by atoms with van der Waals surface area (Å²) in [4.78, 5) is 11.1. The fourth-order valence-corrected chi connectivity index (χ4v) is 1.25. The fourth-order valence-electron chi connectivity index (χ4n) is 1.25. The molecule has 0 aromatic heterocycles. The number of ether oxygens (including phenoxy) is 1. The van der Waals surface area contributed by atoms with Crippen molar-refractivity contribution in [1.29, 1.82) is 0 Å². The normalized spacial score (nSPS) is 14.5. The third kappa shape index (κ3) is 4.38. The van der Waals surface area contributed by atoms with E-state index in [1.54, 1.807) is 13.0 Å². The molecule has 0 saturated carbocycles. The first-order chi connectivity index (χ1) is 8.15. The number of benzene rings is 1. The highest BCUT2D eigenvalue weighted by molar-refractivity contribution is 5.75. The summed E-state index contributed by atoms with van der Waals surface area (Å²) in [5.74, 6) is -0.822. The van der Waals surface area contributed by atoms with E-state index in [0.717, 1.165) is 5.56 Å². The molecule has 17 heavy (non-hydrogen) atoms. The average molecular weight is 236 g/mol. The van der Waals surface area contributed by atoms with Crippen molar-refractivity contribution >= 4 is 12.0 Å². The molecule has 0 heterocycles. The maximum Gasteiger partial charge on any atom is 0.338 e. The van der Waals surface area contributed by atoms with Gasteiger partial charge in [-0.3, -0.25) is 0 Å². The van der Waals surface area contributed by atoms with Crippen LogP contribution in [0, 0.1) is 0 Å². The first-order valence-electron chi connectivity index (χ1n) is 5.41. The number of aliphatic hydroxyl groups excluding tert-OH is 2. The third-order valence-electron chi connectivity index (χ3n) is 2.14. The van der Waals surface area contributed by atoms with Crippen molar-refractivity contribution in [3.8, 4) is 0 Å². The topological polar surface area (TPSA) is 66.8 Å². The molecule has 92 valence electrons. The van der Waals surface area contributed by atoms with E-state index >= 15 is 0 Å². The Morgan fingerprint density at radius 1 is 1.35 bits per heavy atom. The molecule has 0 aliphatic carbocycles. The van der Waals surface area contributed by atoms with Crippen molar-refractivity contribution in [3.63, 3.8) is 0 Å². The lowest BCUT2D eigenvalue weighted by molar-refractivity contribution is -0.157. The summed E-state index contributed by atoms with van der Waals surface area (Å²) in [6, 6.07) is 9.28. The molecule has 0 unspecified atom stereocenters. The van der Waals surface area contributed by atoms with Crippen molar-refractivity contribution in [2.45, 2.75) is 19.1 Å². The van der Waals surface area contributed by atoms with Crippen molar-refractivity contribution in [1.82, 2.24) is 0 Å². The Hall–Kier alpha value is -1.65. The molecular weight excluding hydrogens is 220 g/mol. The summed E-state index contributed by atoms with van der Waals surface area (Å²) < 4.78 is 4.59. The van der Waals surface area contributed by atoms with Gasteiger partial charge < -0.3 is 14.9 Å². The first kappa shape index (κ1) is 13.4. The molecule has 2 N–H and O–H groups in total. The van der Waals surface area contributed by atoms with E-state index in [-0.39, 0.29) is 6.61 Å². The van der Waals surface area contributed by atoms with Gasteiger partial charge in [0.1, 0.15) is 6.10 Å². The maximum absolute atomic E-state index is 11.1. The minimum Gasteiger partial charge on any atom is -0.464 e. The lowest BCUT2D eigenvalue weighted by Gasteiger charge is -2.12. The molecule has 0 spiro atoms. The molecule has 0 saturated heterocycles. The van der Waals surface area contributed by atoms with Crippen LogP contribution in [0.4, 0.5) is 0 Å². The van der Waals surface area contributed by atoms with Gasteiger partial charge in [-0.2, -0.15) is 0 Å². The minimum absolute atomic E-state index is 0.172. The number of hydrogen-bond donors (Lipinski definition) is 2. The van der Waals surface area contributed by atoms with E-state index in [1.165, 1.54) is 6.08 Å². The van der Waals surface area contributed by atoms with Crippen LogP contribution < -0.4 is 0 Å². The average Bonchev–Trinajstić information content (AvgIpc) is 2.36. The molecule has 0 fully saturated rings. The highest BCUT2D eigenvalue weighted by Crippen LogP contribution is 2.05. The molecule has 1 rings (SSSR count). The molecule has 0 aliphatic rings. The summed E-state index contributed by atoms with van der Waals surface area (Å²) in [6.07, 6.45) is 0.175. The lowest BCUT2D eigenvalue weighted by atomic mass is 10.1. The summed E-state index contributed by atoms with van der Waals surface area (Å²) in [7, 11) is 0. The summed E-state index contributed by atoms with van der Waals surface area (Å²) in [6.45, 7) is 1.81. The fraction of sp³-hybridized carbons (Fsp3) is 0.308. The van der Waals surface area contributed by atoms with E-state index in [9.17, 15) is 15.0 Å². The smallest absolute Gasteiger partial charge is 0.338 e. The van der Waals surface area contributed by atoms with Crippen LogP contribution in [0.25, 0.3) is 6.08 Å². The highest BCUT2D eigenvalue weighted by atomic mass is 16.5. The van der Waals surface area contributed by atoms with Crippen LogP contribution in [0.5, 0.6) is 0 Å². The van der Waals surface area contributed by atoms with Crippen LogP contribution in [-0.4, -0.2) is 35.0 Å². The largest absolute Gasteiger partial charge is 0.464 e. The molecule has 1 aromatic carbocycles. The Balaban J connectivity index is 2.57. The number of hydrogen-bond acceptors (Lipinski definition) is 4. The molecule has 0 bridgehead atoms. The van der Waals surface area contributed by atoms with Crippen molar-refractivity contribution in [3.05, 3.63) is 42.0 Å². The molecule has 1 aromatic rings. The number of aliphatic hydroxyl groups is 2. The lowest BCUT2D eigenvalue weighted by Crippen LogP contribution is -2.34. The van der Waals surface area contributed by atoms with Crippen molar-refractivity contribution < 1.29 is 19.7 Å². The molecule has 0 aliphatic heterocycles. The number of carbonyl (C=O) groups excluding carboxylic acids is 1. The van der Waals surface area contributed by atoms with Gasteiger partial charge in [-0.1, -0.05) is 42.5 Å². The monoisotopic (exact) mass is 236 g/mol. The minimum atomic E-state index is -1.55. The predicted octanol–water partition coefficient (Wildman–Crippen LogP) is 0.985. The van der Waals surface area contributed by atoms with Crippen LogP contribution in [0.2, 0.25) is 0 Å². The second-order valence-corrected chi connectivity index (χ2v) is 3.46. The Bertz CT molecular complexity index is 372. The second-order valence-electron chi connectivity index (χ2n) is 3.46. The predicted molar refractivity (Wildman–Crippen MR) is 64.1 cm³/mol. The number of carbonyl (C=O) groups is 1. The van der Waals surface area contributed by atoms with Crippen LogP contribution in [0.3, 0.4) is 0 Å². The third-order valence-corrected chi connectivity index (χ3v) is 2.14. The Kier molecular flexibility index (Phi) is 5.39. The quantitative estimate of drug-likeness (QED) is 0.748. The summed E-state index contributed by atoms with van der Waals surface area (Å²) >= 11 is 0. The van der Waals surface area contributed by atoms with E-state index in [0.29, 0.717) is 0 Å². The van der Waals surface area contributed by atoms with Gasteiger partial charge in [0.25, 0.3) is 0 Å². The molecule has 2 atom stereocenters. The SMILES string of the molecule is CCOC(=O)[C@@H](O)[C@H](O)/C=C/c1ccccc1. The molecule has 0 amide bonds. The Morgan fingerprint density at radius 3 is 2.59 bits per heavy atom. The van der Waals surface area contributed by atoms with Gasteiger partial charge in [0.05, 0.1) is 6.61 Å². The van der Waals surface area contributed by atoms with Crippen LogP contribution >= 0.6 is 0 Å². The summed E-state index contributed by atoms with van der Waals surface area (Å²) in [5.41, 5.74) is 0.877. The van der Waals surface area contributed by atoms with Gasteiger partial charge in [-0.05, 0) is 12.5 Å². The number of esters is 1. The highest BCUT2D eigenvalue weighted by Gasteiger charge is 2.23. The second kappa shape index (κ2) is 6.83. The molecule has 0 radical (unpaired) electrons. The Labute approximate surface area is 100 Å². The van der Waals surface area contributed by atoms with E-state index in [2.05, 4.69) is 4.74 Å². The van der Waals surface area contributed by atoms with Crippen molar-refractivity contribution in [2.75, 3.05) is 6.61 Å². The zero-order chi connectivity index (χ0) is 12.7. The molecule has 4 nitrogen and oxygen atoms in total. The standard InChI is InChI=1S/C13H16O4/c1-2-17-13(16)12(15)11(14)9-8-10-6-4-3-5-7-10/h3-9,11-12,14-15H,2H2,1H3/b9-8+/t11-,12+/m1/s1. The van der Waals surface area contributed by atoms with Gasteiger partial charge >= 0.3 is 5.97 Å². The van der Waals surface area contributed by atoms with E-state index < -0.39 is 18.2 Å². The van der Waals surface area contributed by atoms with E-state index in [4.69, 9.17) is 0 Å². The zero-order valence-corrected chi connectivity index (χ0v) is 9.61.